The van der Waals surface area contributed by atoms with Crippen LogP contribution in [0.4, 0.5) is 8.78 Å². The van der Waals surface area contributed by atoms with Crippen LogP contribution in [0.3, 0.4) is 0 Å². The van der Waals surface area contributed by atoms with Gasteiger partial charge in [-0.1, -0.05) is 5.16 Å². The molecular weight excluding hydrogens is 316 g/mol. The van der Waals surface area contributed by atoms with Crippen molar-refractivity contribution in [2.75, 3.05) is 13.1 Å². The van der Waals surface area contributed by atoms with Crippen molar-refractivity contribution >= 4 is 0 Å². The fourth-order valence-corrected chi connectivity index (χ4v) is 2.67. The van der Waals surface area contributed by atoms with Gasteiger partial charge in [0.1, 0.15) is 11.6 Å². The van der Waals surface area contributed by atoms with E-state index in [4.69, 9.17) is 4.52 Å². The molecule has 0 saturated carbocycles. The Morgan fingerprint density at radius 3 is 2.71 bits per heavy atom. The van der Waals surface area contributed by atoms with Gasteiger partial charge in [-0.05, 0) is 24.3 Å². The summed E-state index contributed by atoms with van der Waals surface area (Å²) in [6, 6.07) is 5.19. The van der Waals surface area contributed by atoms with Gasteiger partial charge in [0.05, 0.1) is 5.92 Å². The lowest BCUT2D eigenvalue weighted by atomic mass is 9.99. The van der Waals surface area contributed by atoms with Gasteiger partial charge >= 0.3 is 0 Å². The van der Waals surface area contributed by atoms with E-state index in [0.29, 0.717) is 42.7 Å². The van der Waals surface area contributed by atoms with E-state index in [9.17, 15) is 8.78 Å². The minimum atomic E-state index is -0.437. The zero-order valence-corrected chi connectivity index (χ0v) is 12.6. The van der Waals surface area contributed by atoms with Crippen LogP contribution >= 0.6 is 0 Å². The summed E-state index contributed by atoms with van der Waals surface area (Å²) in [7, 11) is 0. The normalized spacial score (nSPS) is 15.4. The third kappa shape index (κ3) is 2.88. The Morgan fingerprint density at radius 2 is 1.92 bits per heavy atom. The standard InChI is InChI=1S/C16H13F2N5O/c17-12-2-3-13(18)10(6-12)7-23-8-11(9-23)16-21-15(22-24-16)14-19-4-1-5-20-14/h1-6,11H,7-9H2. The molecule has 0 radical (unpaired) electrons. The van der Waals surface area contributed by atoms with E-state index in [-0.39, 0.29) is 5.92 Å². The van der Waals surface area contributed by atoms with Gasteiger partial charge in [0.25, 0.3) is 0 Å². The SMILES string of the molecule is Fc1ccc(F)c(CN2CC(c3nc(-c4ncccn4)no3)C2)c1. The number of likely N-dealkylation sites (tertiary alicyclic amines) is 1. The molecule has 0 amide bonds. The summed E-state index contributed by atoms with van der Waals surface area (Å²) in [6.07, 6.45) is 3.22. The molecule has 3 heterocycles. The summed E-state index contributed by atoms with van der Waals surface area (Å²) in [4.78, 5) is 14.4. The summed E-state index contributed by atoms with van der Waals surface area (Å²) in [5.41, 5.74) is 0.345. The van der Waals surface area contributed by atoms with Gasteiger partial charge in [0.15, 0.2) is 0 Å². The molecule has 122 valence electrons. The molecule has 4 rings (SSSR count). The number of rotatable bonds is 4. The van der Waals surface area contributed by atoms with Crippen LogP contribution in [-0.4, -0.2) is 38.1 Å². The summed E-state index contributed by atoms with van der Waals surface area (Å²) in [6.45, 7) is 1.64. The van der Waals surface area contributed by atoms with Crippen LogP contribution in [0.25, 0.3) is 11.6 Å². The largest absolute Gasteiger partial charge is 0.338 e. The molecule has 1 aliphatic heterocycles. The van der Waals surface area contributed by atoms with Crippen molar-refractivity contribution < 1.29 is 13.3 Å². The van der Waals surface area contributed by atoms with Gasteiger partial charge in [-0.15, -0.1) is 0 Å². The number of aromatic nitrogens is 4. The quantitative estimate of drug-likeness (QED) is 0.732. The maximum Gasteiger partial charge on any atom is 0.240 e. The molecular formula is C16H13F2N5O. The van der Waals surface area contributed by atoms with Crippen LogP contribution in [0.15, 0.2) is 41.2 Å². The molecule has 1 aliphatic rings. The number of nitrogens with zero attached hydrogens (tertiary/aromatic N) is 5. The molecule has 0 spiro atoms. The van der Waals surface area contributed by atoms with Gasteiger partial charge in [0, 0.05) is 37.6 Å². The highest BCUT2D eigenvalue weighted by Crippen LogP contribution is 2.28. The van der Waals surface area contributed by atoms with Gasteiger partial charge in [0.2, 0.25) is 17.5 Å². The lowest BCUT2D eigenvalue weighted by Gasteiger charge is -2.37. The predicted molar refractivity (Wildman–Crippen MR) is 79.7 cm³/mol. The van der Waals surface area contributed by atoms with Crippen LogP contribution in [0.5, 0.6) is 0 Å². The molecule has 1 aromatic carbocycles. The van der Waals surface area contributed by atoms with Crippen molar-refractivity contribution in [3.05, 3.63) is 59.7 Å². The van der Waals surface area contributed by atoms with Gasteiger partial charge in [-0.2, -0.15) is 4.98 Å². The van der Waals surface area contributed by atoms with E-state index in [1.165, 1.54) is 6.07 Å². The third-order valence-electron chi connectivity index (χ3n) is 3.92. The van der Waals surface area contributed by atoms with Crippen molar-refractivity contribution in [2.24, 2.45) is 0 Å². The highest BCUT2D eigenvalue weighted by atomic mass is 19.1. The maximum atomic E-state index is 13.7. The van der Waals surface area contributed by atoms with Crippen LogP contribution in [0, 0.1) is 11.6 Å². The Balaban J connectivity index is 1.39. The fourth-order valence-electron chi connectivity index (χ4n) is 2.67. The summed E-state index contributed by atoms with van der Waals surface area (Å²) >= 11 is 0. The number of halogens is 2. The van der Waals surface area contributed by atoms with E-state index in [1.807, 2.05) is 4.90 Å². The third-order valence-corrected chi connectivity index (χ3v) is 3.92. The molecule has 0 atom stereocenters. The van der Waals surface area contributed by atoms with Crippen molar-refractivity contribution in [1.29, 1.82) is 0 Å². The lowest BCUT2D eigenvalue weighted by Crippen LogP contribution is -2.44. The van der Waals surface area contributed by atoms with E-state index in [1.54, 1.807) is 18.5 Å². The molecule has 8 heteroatoms. The highest BCUT2D eigenvalue weighted by molar-refractivity contribution is 5.40. The minimum absolute atomic E-state index is 0.0755. The van der Waals surface area contributed by atoms with E-state index in [2.05, 4.69) is 20.1 Å². The Hall–Kier alpha value is -2.74. The first-order valence-corrected chi connectivity index (χ1v) is 7.46. The smallest absolute Gasteiger partial charge is 0.240 e. The molecule has 2 aromatic heterocycles. The summed E-state index contributed by atoms with van der Waals surface area (Å²) in [5.74, 6) is 0.500. The molecule has 24 heavy (non-hydrogen) atoms. The van der Waals surface area contributed by atoms with Crippen molar-refractivity contribution in [3.8, 4) is 11.6 Å². The summed E-state index contributed by atoms with van der Waals surface area (Å²) < 4.78 is 32.1. The highest BCUT2D eigenvalue weighted by Gasteiger charge is 2.33. The minimum Gasteiger partial charge on any atom is -0.338 e. The second-order valence-electron chi connectivity index (χ2n) is 5.66. The summed E-state index contributed by atoms with van der Waals surface area (Å²) in [5, 5.41) is 3.88. The van der Waals surface area contributed by atoms with Gasteiger partial charge < -0.3 is 4.52 Å². The van der Waals surface area contributed by atoms with Crippen LogP contribution in [-0.2, 0) is 6.54 Å². The molecule has 6 nitrogen and oxygen atoms in total. The predicted octanol–water partition coefficient (Wildman–Crippen LogP) is 2.40. The van der Waals surface area contributed by atoms with Crippen molar-refractivity contribution in [2.45, 2.75) is 12.5 Å². The van der Waals surface area contributed by atoms with Crippen molar-refractivity contribution in [1.82, 2.24) is 25.0 Å². The van der Waals surface area contributed by atoms with Gasteiger partial charge in [-0.3, -0.25) is 4.90 Å². The molecule has 0 N–H and O–H groups in total. The number of benzene rings is 1. The zero-order chi connectivity index (χ0) is 16.5. The monoisotopic (exact) mass is 329 g/mol. The first-order chi connectivity index (χ1) is 11.7. The second-order valence-corrected chi connectivity index (χ2v) is 5.66. The second kappa shape index (κ2) is 6.04. The van der Waals surface area contributed by atoms with E-state index in [0.717, 1.165) is 12.1 Å². The first kappa shape index (κ1) is 14.8. The molecule has 0 bridgehead atoms. The first-order valence-electron chi connectivity index (χ1n) is 7.46. The molecule has 1 fully saturated rings. The van der Waals surface area contributed by atoms with E-state index >= 15 is 0 Å². The van der Waals surface area contributed by atoms with Crippen molar-refractivity contribution in [3.63, 3.8) is 0 Å². The maximum absolute atomic E-state index is 13.7. The van der Waals surface area contributed by atoms with Gasteiger partial charge in [-0.25, -0.2) is 18.7 Å². The topological polar surface area (TPSA) is 67.9 Å². The molecule has 3 aromatic rings. The fraction of sp³-hybridized carbons (Fsp3) is 0.250. The molecule has 0 unspecified atom stereocenters. The molecule has 1 saturated heterocycles. The zero-order valence-electron chi connectivity index (χ0n) is 12.6. The van der Waals surface area contributed by atoms with Crippen LogP contribution < -0.4 is 0 Å². The molecule has 0 aliphatic carbocycles. The van der Waals surface area contributed by atoms with Crippen LogP contribution in [0.1, 0.15) is 17.4 Å². The average Bonchev–Trinajstić information content (AvgIpc) is 3.04. The lowest BCUT2D eigenvalue weighted by molar-refractivity contribution is 0.116. The Labute approximate surface area is 136 Å². The Morgan fingerprint density at radius 1 is 1.12 bits per heavy atom. The Bertz CT molecular complexity index is 849. The van der Waals surface area contributed by atoms with Crippen LogP contribution in [0.2, 0.25) is 0 Å². The number of hydrogen-bond acceptors (Lipinski definition) is 6. The average molecular weight is 329 g/mol. The van der Waals surface area contributed by atoms with E-state index < -0.39 is 11.6 Å². The Kier molecular flexibility index (Phi) is 3.73. The number of hydrogen-bond donors (Lipinski definition) is 0.